The summed E-state index contributed by atoms with van der Waals surface area (Å²) in [5.41, 5.74) is 5.04. The van der Waals surface area contributed by atoms with Gasteiger partial charge in [-0.25, -0.2) is 0 Å². The molecule has 0 spiro atoms. The number of carbonyl (C=O) groups excluding carboxylic acids is 3. The summed E-state index contributed by atoms with van der Waals surface area (Å²) in [6, 6.07) is 11.1. The van der Waals surface area contributed by atoms with Crippen molar-refractivity contribution in [3.05, 3.63) is 57.5 Å². The topological polar surface area (TPSA) is 109 Å². The van der Waals surface area contributed by atoms with E-state index >= 15 is 0 Å². The Hall–Kier alpha value is -2.59. The van der Waals surface area contributed by atoms with Gasteiger partial charge in [0.2, 0.25) is 11.8 Å². The number of nitrogens with one attached hydrogen (secondary N) is 4. The van der Waals surface area contributed by atoms with Gasteiger partial charge in [0.05, 0.1) is 10.7 Å². The average Bonchev–Trinajstić information content (AvgIpc) is 2.72. The van der Waals surface area contributed by atoms with Gasteiger partial charge in [-0.1, -0.05) is 34.8 Å². The van der Waals surface area contributed by atoms with Crippen LogP contribution < -0.4 is 26.2 Å². The Morgan fingerprint density at radius 2 is 1.48 bits per heavy atom. The molecule has 0 aliphatic rings. The number of benzene rings is 2. The molecule has 0 aliphatic heterocycles. The molecular formula is C19H17Cl3N4O4S. The molecule has 0 aromatic heterocycles. The number of rotatable bonds is 7. The first-order valence-corrected chi connectivity index (χ1v) is 10.3. The molecular weight excluding hydrogens is 487 g/mol. The molecule has 0 aliphatic carbocycles. The number of halogens is 3. The van der Waals surface area contributed by atoms with Gasteiger partial charge in [0.15, 0.2) is 11.7 Å². The second-order valence-electron chi connectivity index (χ2n) is 5.97. The Labute approximate surface area is 198 Å². The number of anilines is 1. The first kappa shape index (κ1) is 24.7. The van der Waals surface area contributed by atoms with Crippen molar-refractivity contribution in [3.63, 3.8) is 0 Å². The van der Waals surface area contributed by atoms with Crippen LogP contribution in [0.25, 0.3) is 0 Å². The molecule has 3 amide bonds. The van der Waals surface area contributed by atoms with E-state index in [0.717, 1.165) is 0 Å². The van der Waals surface area contributed by atoms with Crippen LogP contribution >= 0.6 is 47.0 Å². The maximum atomic E-state index is 11.9. The molecule has 2 rings (SSSR count). The van der Waals surface area contributed by atoms with Crippen molar-refractivity contribution in [2.24, 2.45) is 0 Å². The van der Waals surface area contributed by atoms with Gasteiger partial charge in [0, 0.05) is 22.9 Å². The number of hydrogen-bond donors (Lipinski definition) is 4. The van der Waals surface area contributed by atoms with Crippen LogP contribution in [0.5, 0.6) is 5.75 Å². The number of amides is 3. The quantitative estimate of drug-likeness (QED) is 0.340. The lowest BCUT2D eigenvalue weighted by Crippen LogP contribution is -2.49. The molecule has 0 fully saturated rings. The molecule has 0 radical (unpaired) electrons. The van der Waals surface area contributed by atoms with E-state index in [1.54, 1.807) is 36.4 Å². The van der Waals surface area contributed by atoms with Gasteiger partial charge in [-0.15, -0.1) is 0 Å². The molecule has 4 N–H and O–H groups in total. The summed E-state index contributed by atoms with van der Waals surface area (Å²) in [5.74, 6) is -0.980. The molecule has 0 unspecified atom stereocenters. The smallest absolute Gasteiger partial charge is 0.264 e. The van der Waals surface area contributed by atoms with Crippen molar-refractivity contribution in [1.29, 1.82) is 0 Å². The fourth-order valence-corrected chi connectivity index (χ4v) is 2.84. The van der Waals surface area contributed by atoms with Crippen LogP contribution in [-0.2, 0) is 14.4 Å². The van der Waals surface area contributed by atoms with Crippen molar-refractivity contribution >= 4 is 75.5 Å². The molecule has 0 bridgehead atoms. The molecule has 2 aromatic rings. The second-order valence-corrected chi connectivity index (χ2v) is 7.65. The second kappa shape index (κ2) is 12.3. The number of hydrazine groups is 1. The summed E-state index contributed by atoms with van der Waals surface area (Å²) in [7, 11) is 0. The summed E-state index contributed by atoms with van der Waals surface area (Å²) in [5, 5.41) is 6.06. The van der Waals surface area contributed by atoms with Gasteiger partial charge in [-0.2, -0.15) is 0 Å². The lowest BCUT2D eigenvalue weighted by Gasteiger charge is -2.11. The highest BCUT2D eigenvalue weighted by atomic mass is 35.5. The van der Waals surface area contributed by atoms with Crippen LogP contribution in [0.4, 0.5) is 5.69 Å². The van der Waals surface area contributed by atoms with E-state index in [2.05, 4.69) is 21.5 Å². The fourth-order valence-electron chi connectivity index (χ4n) is 2.09. The number of hydrogen-bond acceptors (Lipinski definition) is 5. The summed E-state index contributed by atoms with van der Waals surface area (Å²) < 4.78 is 5.27. The Kier molecular flexibility index (Phi) is 9.80. The van der Waals surface area contributed by atoms with Crippen molar-refractivity contribution in [2.75, 3.05) is 11.9 Å². The highest BCUT2D eigenvalue weighted by Crippen LogP contribution is 2.25. The summed E-state index contributed by atoms with van der Waals surface area (Å²) in [4.78, 5) is 35.6. The largest absolute Gasteiger partial charge is 0.484 e. The van der Waals surface area contributed by atoms with E-state index in [9.17, 15) is 14.4 Å². The van der Waals surface area contributed by atoms with Crippen LogP contribution in [0, 0.1) is 0 Å². The summed E-state index contributed by atoms with van der Waals surface area (Å²) in [6.07, 6.45) is -0.221. The number of ether oxygens (including phenoxy) is 1. The van der Waals surface area contributed by atoms with E-state index in [4.69, 9.17) is 51.8 Å². The molecule has 8 nitrogen and oxygen atoms in total. The number of thiocarbonyl (C=S) groups is 1. The highest BCUT2D eigenvalue weighted by Gasteiger charge is 2.11. The third kappa shape index (κ3) is 9.39. The zero-order valence-electron chi connectivity index (χ0n) is 15.8. The summed E-state index contributed by atoms with van der Waals surface area (Å²) >= 11 is 22.4. The maximum Gasteiger partial charge on any atom is 0.264 e. The Balaban J connectivity index is 1.63. The predicted molar refractivity (Wildman–Crippen MR) is 123 cm³/mol. The van der Waals surface area contributed by atoms with Gasteiger partial charge in [-0.05, 0) is 54.7 Å². The molecule has 0 heterocycles. The molecule has 0 atom stereocenters. The lowest BCUT2D eigenvalue weighted by molar-refractivity contribution is -0.125. The predicted octanol–water partition coefficient (Wildman–Crippen LogP) is 3.47. The molecule has 0 saturated heterocycles. The van der Waals surface area contributed by atoms with Gasteiger partial charge >= 0.3 is 0 Å². The minimum atomic E-state index is -0.527. The minimum absolute atomic E-state index is 0.0967. The van der Waals surface area contributed by atoms with Gasteiger partial charge in [0.1, 0.15) is 5.75 Å². The van der Waals surface area contributed by atoms with Gasteiger partial charge < -0.3 is 10.1 Å². The van der Waals surface area contributed by atoms with Crippen LogP contribution in [0.2, 0.25) is 15.1 Å². The first-order chi connectivity index (χ1) is 14.7. The van der Waals surface area contributed by atoms with Crippen molar-refractivity contribution < 1.29 is 19.1 Å². The molecule has 164 valence electrons. The molecule has 0 saturated carbocycles. The van der Waals surface area contributed by atoms with Crippen LogP contribution in [0.1, 0.15) is 12.8 Å². The minimum Gasteiger partial charge on any atom is -0.484 e. The third-order valence-corrected chi connectivity index (χ3v) is 4.54. The maximum absolute atomic E-state index is 11.9. The van der Waals surface area contributed by atoms with Crippen molar-refractivity contribution in [1.82, 2.24) is 16.2 Å². The SMILES string of the molecule is O=C(CCC(=O)Nc1ccc(Cl)cc1Cl)NNC(=S)NC(=O)COc1ccc(Cl)cc1. The molecule has 12 heteroatoms. The molecule has 2 aromatic carbocycles. The van der Waals surface area contributed by atoms with E-state index in [1.165, 1.54) is 6.07 Å². The Morgan fingerprint density at radius 1 is 0.839 bits per heavy atom. The highest BCUT2D eigenvalue weighted by molar-refractivity contribution is 7.80. The fraction of sp³-hybridized carbons (Fsp3) is 0.158. The van der Waals surface area contributed by atoms with Gasteiger partial charge in [0.25, 0.3) is 5.91 Å². The van der Waals surface area contributed by atoms with Crippen LogP contribution in [0.15, 0.2) is 42.5 Å². The van der Waals surface area contributed by atoms with Crippen molar-refractivity contribution in [2.45, 2.75) is 12.8 Å². The van der Waals surface area contributed by atoms with E-state index in [1.807, 2.05) is 0 Å². The van der Waals surface area contributed by atoms with Gasteiger partial charge in [-0.3, -0.25) is 30.6 Å². The van der Waals surface area contributed by atoms with E-state index in [-0.39, 0.29) is 29.6 Å². The van der Waals surface area contributed by atoms with E-state index in [0.29, 0.717) is 21.5 Å². The summed E-state index contributed by atoms with van der Waals surface area (Å²) in [6.45, 7) is -0.287. The van der Waals surface area contributed by atoms with Crippen molar-refractivity contribution in [3.8, 4) is 5.75 Å². The average molecular weight is 504 g/mol. The van der Waals surface area contributed by atoms with Crippen LogP contribution in [-0.4, -0.2) is 29.4 Å². The molecule has 31 heavy (non-hydrogen) atoms. The number of carbonyl (C=O) groups is 3. The zero-order valence-corrected chi connectivity index (χ0v) is 18.9. The normalized spacial score (nSPS) is 10.0. The lowest BCUT2D eigenvalue weighted by atomic mass is 10.2. The first-order valence-electron chi connectivity index (χ1n) is 8.75. The monoisotopic (exact) mass is 502 g/mol. The Morgan fingerprint density at radius 3 is 2.16 bits per heavy atom. The zero-order chi connectivity index (χ0) is 22.8. The third-order valence-electron chi connectivity index (χ3n) is 3.54. The van der Waals surface area contributed by atoms with E-state index < -0.39 is 17.7 Å². The van der Waals surface area contributed by atoms with Crippen LogP contribution in [0.3, 0.4) is 0 Å². The standard InChI is InChI=1S/C19H17Cl3N4O4S/c20-11-1-4-13(5-2-11)30-10-18(29)24-19(31)26-25-17(28)8-7-16(27)23-15-6-3-12(21)9-14(15)22/h1-6,9H,7-8,10H2,(H,23,27)(H,25,28)(H2,24,26,29,31). The Bertz CT molecular complexity index is 973.